The summed E-state index contributed by atoms with van der Waals surface area (Å²) in [6, 6.07) is 2.89. The summed E-state index contributed by atoms with van der Waals surface area (Å²) in [5, 5.41) is 39.4. The number of benzene rings is 1. The topological polar surface area (TPSA) is 152 Å². The highest BCUT2D eigenvalue weighted by molar-refractivity contribution is 5.87. The zero-order chi connectivity index (χ0) is 22.4. The van der Waals surface area contributed by atoms with Crippen LogP contribution in [0.4, 0.5) is 0 Å². The number of carbonyl (C=O) groups excluding carboxylic acids is 2. The maximum Gasteiger partial charge on any atom is 0.331 e. The quantitative estimate of drug-likeness (QED) is 0.343. The van der Waals surface area contributed by atoms with Gasteiger partial charge in [-0.2, -0.15) is 0 Å². The van der Waals surface area contributed by atoms with Crippen molar-refractivity contribution in [1.82, 2.24) is 0 Å². The third-order valence-electron chi connectivity index (χ3n) is 4.55. The van der Waals surface area contributed by atoms with Gasteiger partial charge in [0.2, 0.25) is 0 Å². The number of aliphatic hydroxyl groups is 3. The fourth-order valence-corrected chi connectivity index (χ4v) is 3.07. The van der Waals surface area contributed by atoms with Crippen LogP contribution in [-0.2, 0) is 30.2 Å². The van der Waals surface area contributed by atoms with Gasteiger partial charge in [-0.25, -0.2) is 4.79 Å². The molecule has 0 spiro atoms. The van der Waals surface area contributed by atoms with E-state index < -0.39 is 42.6 Å². The zero-order valence-corrected chi connectivity index (χ0v) is 16.8. The van der Waals surface area contributed by atoms with Crippen LogP contribution >= 0.6 is 0 Å². The fourth-order valence-electron chi connectivity index (χ4n) is 3.07. The highest BCUT2D eigenvalue weighted by atomic mass is 16.7. The molecule has 0 saturated carbocycles. The standard InChI is InChI=1S/C20H26O10/c1-10-17(25)18(29-11(2)22)19(20(26)28-10)30-16(24)5-4-12-9-15(27-3)14(23)8-13(12)6-7-21/h4-5,8-10,17-21,23,25-26H,6-7H2,1-3H3. The Bertz CT molecular complexity index is 790. The number of hydrogen-bond acceptors (Lipinski definition) is 10. The maximum atomic E-state index is 12.3. The van der Waals surface area contributed by atoms with Gasteiger partial charge in [-0.3, -0.25) is 4.79 Å². The van der Waals surface area contributed by atoms with Crippen molar-refractivity contribution >= 4 is 18.0 Å². The van der Waals surface area contributed by atoms with Crippen LogP contribution in [0.5, 0.6) is 11.5 Å². The summed E-state index contributed by atoms with van der Waals surface area (Å²) >= 11 is 0. The molecule has 1 fully saturated rings. The molecule has 5 atom stereocenters. The normalized spacial score (nSPS) is 26.4. The molecule has 1 heterocycles. The van der Waals surface area contributed by atoms with E-state index in [4.69, 9.17) is 18.9 Å². The second-order valence-corrected chi connectivity index (χ2v) is 6.73. The molecule has 0 bridgehead atoms. The zero-order valence-electron chi connectivity index (χ0n) is 16.8. The van der Waals surface area contributed by atoms with Crippen molar-refractivity contribution in [2.45, 2.75) is 51.0 Å². The lowest BCUT2D eigenvalue weighted by Crippen LogP contribution is -2.59. The third-order valence-corrected chi connectivity index (χ3v) is 4.55. The molecule has 1 aliphatic heterocycles. The van der Waals surface area contributed by atoms with Crippen LogP contribution < -0.4 is 4.74 Å². The molecule has 1 saturated heterocycles. The van der Waals surface area contributed by atoms with Crippen molar-refractivity contribution in [1.29, 1.82) is 0 Å². The number of rotatable bonds is 7. The fraction of sp³-hybridized carbons (Fsp3) is 0.500. The molecule has 2 rings (SSSR count). The number of ether oxygens (including phenoxy) is 4. The number of carbonyl (C=O) groups is 2. The Balaban J connectivity index is 2.20. The van der Waals surface area contributed by atoms with Gasteiger partial charge in [-0.1, -0.05) is 0 Å². The van der Waals surface area contributed by atoms with Gasteiger partial charge < -0.3 is 39.4 Å². The van der Waals surface area contributed by atoms with Crippen molar-refractivity contribution in [3.05, 3.63) is 29.3 Å². The third kappa shape index (κ3) is 5.70. The van der Waals surface area contributed by atoms with Crippen LogP contribution in [0, 0.1) is 0 Å². The number of esters is 2. The number of methoxy groups -OCH3 is 1. The molecule has 166 valence electrons. The molecule has 0 aliphatic carbocycles. The molecule has 10 heteroatoms. The second kappa shape index (κ2) is 10.4. The Kier molecular flexibility index (Phi) is 8.18. The number of phenols is 1. The molecule has 1 aromatic carbocycles. The number of aliphatic hydroxyl groups excluding tert-OH is 3. The lowest BCUT2D eigenvalue weighted by Gasteiger charge is -2.40. The average Bonchev–Trinajstić information content (AvgIpc) is 2.68. The van der Waals surface area contributed by atoms with E-state index in [0.717, 1.165) is 13.0 Å². The molecule has 0 radical (unpaired) electrons. The molecule has 0 amide bonds. The predicted octanol–water partition coefficient (Wildman–Crippen LogP) is -0.110. The highest BCUT2D eigenvalue weighted by Gasteiger charge is 2.47. The van der Waals surface area contributed by atoms with E-state index in [2.05, 4.69) is 0 Å². The van der Waals surface area contributed by atoms with E-state index in [-0.39, 0.29) is 24.5 Å². The van der Waals surface area contributed by atoms with Gasteiger partial charge in [0.25, 0.3) is 0 Å². The Hall–Kier alpha value is -2.66. The lowest BCUT2D eigenvalue weighted by atomic mass is 9.99. The van der Waals surface area contributed by atoms with Crippen molar-refractivity contribution < 1.29 is 49.0 Å². The van der Waals surface area contributed by atoms with E-state index in [1.54, 1.807) is 0 Å². The molecule has 10 nitrogen and oxygen atoms in total. The van der Waals surface area contributed by atoms with Crippen molar-refractivity contribution in [2.24, 2.45) is 0 Å². The first-order valence-corrected chi connectivity index (χ1v) is 9.26. The minimum Gasteiger partial charge on any atom is -0.504 e. The molecule has 30 heavy (non-hydrogen) atoms. The number of aromatic hydroxyl groups is 1. The maximum absolute atomic E-state index is 12.3. The van der Waals surface area contributed by atoms with E-state index in [1.807, 2.05) is 0 Å². The Morgan fingerprint density at radius 1 is 1.20 bits per heavy atom. The van der Waals surface area contributed by atoms with Crippen LogP contribution in [-0.4, -0.2) is 76.8 Å². The second-order valence-electron chi connectivity index (χ2n) is 6.73. The Labute approximate surface area is 173 Å². The summed E-state index contributed by atoms with van der Waals surface area (Å²) in [6.45, 7) is 2.42. The van der Waals surface area contributed by atoms with E-state index in [1.165, 1.54) is 32.2 Å². The average molecular weight is 426 g/mol. The van der Waals surface area contributed by atoms with Crippen LogP contribution in [0.1, 0.15) is 25.0 Å². The summed E-state index contributed by atoms with van der Waals surface area (Å²) in [5.41, 5.74) is 1.05. The van der Waals surface area contributed by atoms with E-state index >= 15 is 0 Å². The van der Waals surface area contributed by atoms with Gasteiger partial charge >= 0.3 is 11.9 Å². The van der Waals surface area contributed by atoms with Crippen LogP contribution in [0.3, 0.4) is 0 Å². The molecule has 0 aromatic heterocycles. The van der Waals surface area contributed by atoms with Gasteiger partial charge in [0.15, 0.2) is 30.0 Å². The SMILES string of the molecule is COc1cc(C=CC(=O)OC2C(O)OC(C)C(O)C2OC(C)=O)c(CCO)cc1O. The summed E-state index contributed by atoms with van der Waals surface area (Å²) in [4.78, 5) is 23.6. The molecular weight excluding hydrogens is 400 g/mol. The van der Waals surface area contributed by atoms with Crippen molar-refractivity contribution in [2.75, 3.05) is 13.7 Å². The lowest BCUT2D eigenvalue weighted by molar-refractivity contribution is -0.284. The van der Waals surface area contributed by atoms with Crippen molar-refractivity contribution in [3.63, 3.8) is 0 Å². The van der Waals surface area contributed by atoms with E-state index in [9.17, 15) is 30.0 Å². The largest absolute Gasteiger partial charge is 0.504 e. The molecule has 1 aliphatic rings. The van der Waals surface area contributed by atoms with Crippen LogP contribution in [0.15, 0.2) is 18.2 Å². The first-order valence-electron chi connectivity index (χ1n) is 9.26. The van der Waals surface area contributed by atoms with Crippen LogP contribution in [0.2, 0.25) is 0 Å². The van der Waals surface area contributed by atoms with Gasteiger partial charge in [-0.05, 0) is 42.7 Å². The van der Waals surface area contributed by atoms with Crippen LogP contribution in [0.25, 0.3) is 6.08 Å². The number of phenolic OH excluding ortho intramolecular Hbond substituents is 1. The molecule has 5 unspecified atom stereocenters. The smallest absolute Gasteiger partial charge is 0.331 e. The summed E-state index contributed by atoms with van der Waals surface area (Å²) in [6.07, 6.45) is -3.86. The summed E-state index contributed by atoms with van der Waals surface area (Å²) in [7, 11) is 1.37. The van der Waals surface area contributed by atoms with Gasteiger partial charge in [0.1, 0.15) is 6.10 Å². The molecule has 1 aromatic rings. The minimum absolute atomic E-state index is 0.115. The van der Waals surface area contributed by atoms with Gasteiger partial charge in [-0.15, -0.1) is 0 Å². The van der Waals surface area contributed by atoms with Gasteiger partial charge in [0, 0.05) is 19.6 Å². The molecular formula is C20H26O10. The molecule has 4 N–H and O–H groups in total. The van der Waals surface area contributed by atoms with E-state index in [0.29, 0.717) is 11.1 Å². The van der Waals surface area contributed by atoms with Crippen molar-refractivity contribution in [3.8, 4) is 11.5 Å². The summed E-state index contributed by atoms with van der Waals surface area (Å²) < 4.78 is 20.3. The Morgan fingerprint density at radius 2 is 1.90 bits per heavy atom. The summed E-state index contributed by atoms with van der Waals surface area (Å²) in [5.74, 6) is -1.56. The monoisotopic (exact) mass is 426 g/mol. The first-order chi connectivity index (χ1) is 14.2. The number of hydrogen-bond donors (Lipinski definition) is 4. The minimum atomic E-state index is -1.61. The van der Waals surface area contributed by atoms with Gasteiger partial charge in [0.05, 0.1) is 13.2 Å². The predicted molar refractivity (Wildman–Crippen MR) is 102 cm³/mol. The first kappa shape index (κ1) is 23.6. The Morgan fingerprint density at radius 3 is 2.50 bits per heavy atom. The highest BCUT2D eigenvalue weighted by Crippen LogP contribution is 2.31.